The number of amides is 1. The fourth-order valence-electron chi connectivity index (χ4n) is 5.66. The van der Waals surface area contributed by atoms with Crippen LogP contribution in [0.4, 0.5) is 5.69 Å². The molecule has 5 heteroatoms. The Bertz CT molecular complexity index is 1390. The van der Waals surface area contributed by atoms with E-state index >= 15 is 0 Å². The van der Waals surface area contributed by atoms with Crippen molar-refractivity contribution in [2.75, 3.05) is 31.6 Å². The second-order valence-electron chi connectivity index (χ2n) is 11.3. The highest BCUT2D eigenvalue weighted by Crippen LogP contribution is 2.36. The van der Waals surface area contributed by atoms with E-state index in [1.807, 2.05) is 24.3 Å². The number of fused-ring (bicyclic) bond motifs is 1. The Balaban J connectivity index is 1.10. The molecule has 0 radical (unpaired) electrons. The molecule has 0 spiro atoms. The summed E-state index contributed by atoms with van der Waals surface area (Å²) in [6, 6.07) is 35.6. The molecule has 0 unspecified atom stereocenters. The van der Waals surface area contributed by atoms with Gasteiger partial charge >= 0.3 is 0 Å². The first-order valence-corrected chi connectivity index (χ1v) is 15.7. The average molecular weight is 577 g/mol. The van der Waals surface area contributed by atoms with Crippen molar-refractivity contribution in [1.82, 2.24) is 4.90 Å². The number of unbranched alkanes of at least 4 members (excludes halogenated alkanes) is 3. The summed E-state index contributed by atoms with van der Waals surface area (Å²) >= 11 is 0. The van der Waals surface area contributed by atoms with Crippen molar-refractivity contribution in [1.29, 1.82) is 0 Å². The quantitative estimate of drug-likeness (QED) is 0.124. The molecule has 5 rings (SSSR count). The SMILES string of the molecule is O=C1Cc2c(CCN(CCCCCCOCCc3ccccc3)Cc3ccccc3)ccc(OCc3ccccc3)c2N1. The zero-order valence-electron chi connectivity index (χ0n) is 25.2. The highest BCUT2D eigenvalue weighted by Gasteiger charge is 2.25. The van der Waals surface area contributed by atoms with Crippen LogP contribution in [0.3, 0.4) is 0 Å². The van der Waals surface area contributed by atoms with Crippen molar-refractivity contribution in [3.63, 3.8) is 0 Å². The number of anilines is 1. The van der Waals surface area contributed by atoms with Crippen LogP contribution in [-0.2, 0) is 41.9 Å². The predicted molar refractivity (Wildman–Crippen MR) is 174 cm³/mol. The minimum absolute atomic E-state index is 0.0391. The Labute approximate surface area is 256 Å². The molecule has 0 saturated heterocycles. The van der Waals surface area contributed by atoms with Crippen LogP contribution in [0.15, 0.2) is 103 Å². The van der Waals surface area contributed by atoms with Gasteiger partial charge in [-0.05, 0) is 66.1 Å². The van der Waals surface area contributed by atoms with Crippen LogP contribution in [0.25, 0.3) is 0 Å². The summed E-state index contributed by atoms with van der Waals surface area (Å²) in [6.45, 7) is 5.04. The molecule has 0 fully saturated rings. The van der Waals surface area contributed by atoms with Crippen molar-refractivity contribution in [3.05, 3.63) is 131 Å². The summed E-state index contributed by atoms with van der Waals surface area (Å²) < 4.78 is 12.0. The van der Waals surface area contributed by atoms with Crippen LogP contribution in [0, 0.1) is 0 Å². The van der Waals surface area contributed by atoms with E-state index in [9.17, 15) is 4.79 Å². The fourth-order valence-corrected chi connectivity index (χ4v) is 5.66. The van der Waals surface area contributed by atoms with Crippen LogP contribution in [0.5, 0.6) is 5.75 Å². The molecule has 1 aliphatic rings. The summed E-state index contributed by atoms with van der Waals surface area (Å²) in [5.41, 5.74) is 6.94. The van der Waals surface area contributed by atoms with Crippen LogP contribution in [-0.4, -0.2) is 37.1 Å². The highest BCUT2D eigenvalue weighted by atomic mass is 16.5. The second kappa shape index (κ2) is 16.6. The Kier molecular flexibility index (Phi) is 11.8. The zero-order chi connectivity index (χ0) is 29.5. The van der Waals surface area contributed by atoms with Crippen molar-refractivity contribution >= 4 is 11.6 Å². The van der Waals surface area contributed by atoms with Gasteiger partial charge in [0.25, 0.3) is 0 Å². The Hall–Kier alpha value is -3.93. The Morgan fingerprint density at radius 1 is 0.651 bits per heavy atom. The van der Waals surface area contributed by atoms with Gasteiger partial charge in [-0.1, -0.05) is 110 Å². The molecular weight excluding hydrogens is 532 g/mol. The third-order valence-electron chi connectivity index (χ3n) is 8.05. The van der Waals surface area contributed by atoms with Gasteiger partial charge in [0.15, 0.2) is 0 Å². The van der Waals surface area contributed by atoms with Crippen LogP contribution < -0.4 is 10.1 Å². The maximum atomic E-state index is 12.4. The van der Waals surface area contributed by atoms with E-state index in [1.165, 1.54) is 36.0 Å². The monoisotopic (exact) mass is 576 g/mol. The standard InChI is InChI=1S/C38H44N2O3/c41-37-28-35-34(20-21-36(38(35)39-37)43-30-33-18-10-5-11-19-33)22-25-40(29-32-16-8-4-9-17-32)24-12-1-2-13-26-42-27-23-31-14-6-3-7-15-31/h3-11,14-21H,1-2,12-13,22-30H2,(H,39,41). The minimum atomic E-state index is 0.0391. The lowest BCUT2D eigenvalue weighted by molar-refractivity contribution is -0.115. The summed E-state index contributed by atoms with van der Waals surface area (Å²) in [7, 11) is 0. The molecule has 5 nitrogen and oxygen atoms in total. The number of ether oxygens (including phenoxy) is 2. The van der Waals surface area contributed by atoms with Gasteiger partial charge in [0.05, 0.1) is 18.7 Å². The van der Waals surface area contributed by atoms with E-state index in [1.54, 1.807) is 0 Å². The first-order chi connectivity index (χ1) is 21.2. The number of hydrogen-bond acceptors (Lipinski definition) is 4. The van der Waals surface area contributed by atoms with E-state index in [0.29, 0.717) is 13.0 Å². The second-order valence-corrected chi connectivity index (χ2v) is 11.3. The molecule has 1 aliphatic heterocycles. The Morgan fingerprint density at radius 3 is 2.07 bits per heavy atom. The molecule has 1 heterocycles. The predicted octanol–water partition coefficient (Wildman–Crippen LogP) is 7.62. The third kappa shape index (κ3) is 9.81. The van der Waals surface area contributed by atoms with Gasteiger partial charge in [-0.25, -0.2) is 0 Å². The molecule has 224 valence electrons. The summed E-state index contributed by atoms with van der Waals surface area (Å²) in [4.78, 5) is 15.0. The maximum absolute atomic E-state index is 12.4. The van der Waals surface area contributed by atoms with E-state index in [-0.39, 0.29) is 5.91 Å². The van der Waals surface area contributed by atoms with E-state index in [2.05, 4.69) is 89.1 Å². The molecule has 4 aromatic carbocycles. The Morgan fingerprint density at radius 2 is 1.33 bits per heavy atom. The lowest BCUT2D eigenvalue weighted by Gasteiger charge is -2.23. The normalized spacial score (nSPS) is 12.3. The lowest BCUT2D eigenvalue weighted by atomic mass is 10.0. The molecule has 1 amide bonds. The molecule has 0 bridgehead atoms. The number of benzene rings is 4. The first kappa shape index (κ1) is 30.5. The maximum Gasteiger partial charge on any atom is 0.228 e. The topological polar surface area (TPSA) is 50.8 Å². The smallest absolute Gasteiger partial charge is 0.228 e. The minimum Gasteiger partial charge on any atom is -0.487 e. The number of hydrogen-bond donors (Lipinski definition) is 1. The van der Waals surface area contributed by atoms with Crippen molar-refractivity contribution in [3.8, 4) is 5.75 Å². The molecular formula is C38H44N2O3. The van der Waals surface area contributed by atoms with Gasteiger partial charge < -0.3 is 14.8 Å². The summed E-state index contributed by atoms with van der Waals surface area (Å²) in [5.74, 6) is 0.788. The van der Waals surface area contributed by atoms with Gasteiger partial charge in [-0.3, -0.25) is 9.69 Å². The van der Waals surface area contributed by atoms with Crippen LogP contribution in [0.1, 0.15) is 53.5 Å². The summed E-state index contributed by atoms with van der Waals surface area (Å²) in [6.07, 6.45) is 6.97. The number of carbonyl (C=O) groups excluding carboxylic acids is 1. The molecule has 0 aliphatic carbocycles. The molecule has 1 N–H and O–H groups in total. The van der Waals surface area contributed by atoms with Crippen LogP contribution in [0.2, 0.25) is 0 Å². The van der Waals surface area contributed by atoms with Gasteiger partial charge in [0.1, 0.15) is 12.4 Å². The number of carbonyl (C=O) groups is 1. The number of rotatable bonds is 18. The van der Waals surface area contributed by atoms with E-state index in [4.69, 9.17) is 9.47 Å². The fraction of sp³-hybridized carbons (Fsp3) is 0.342. The van der Waals surface area contributed by atoms with Crippen molar-refractivity contribution in [2.24, 2.45) is 0 Å². The molecule has 0 atom stereocenters. The van der Waals surface area contributed by atoms with Gasteiger partial charge in [-0.15, -0.1) is 0 Å². The van der Waals surface area contributed by atoms with E-state index < -0.39 is 0 Å². The molecule has 0 aromatic heterocycles. The highest BCUT2D eigenvalue weighted by molar-refractivity contribution is 6.01. The largest absolute Gasteiger partial charge is 0.487 e. The van der Waals surface area contributed by atoms with Gasteiger partial charge in [0, 0.05) is 19.7 Å². The average Bonchev–Trinajstić information content (AvgIpc) is 3.45. The summed E-state index contributed by atoms with van der Waals surface area (Å²) in [5, 5.41) is 3.06. The number of nitrogens with one attached hydrogen (secondary N) is 1. The van der Waals surface area contributed by atoms with E-state index in [0.717, 1.165) is 74.7 Å². The zero-order valence-corrected chi connectivity index (χ0v) is 25.2. The molecule has 43 heavy (non-hydrogen) atoms. The number of nitrogens with zero attached hydrogens (tertiary/aromatic N) is 1. The third-order valence-corrected chi connectivity index (χ3v) is 8.05. The molecule has 0 saturated carbocycles. The first-order valence-electron chi connectivity index (χ1n) is 15.7. The lowest BCUT2D eigenvalue weighted by Crippen LogP contribution is -2.27. The molecule has 4 aromatic rings. The van der Waals surface area contributed by atoms with Crippen molar-refractivity contribution in [2.45, 2.75) is 58.1 Å². The van der Waals surface area contributed by atoms with Gasteiger partial charge in [0.2, 0.25) is 5.91 Å². The van der Waals surface area contributed by atoms with Gasteiger partial charge in [-0.2, -0.15) is 0 Å². The van der Waals surface area contributed by atoms with Crippen LogP contribution >= 0.6 is 0 Å². The van der Waals surface area contributed by atoms with Crippen molar-refractivity contribution < 1.29 is 14.3 Å².